The zero-order chi connectivity index (χ0) is 13.0. The fraction of sp³-hybridized carbons (Fsp3) is 0.214. The zero-order valence-corrected chi connectivity index (χ0v) is 11.4. The van der Waals surface area contributed by atoms with Crippen LogP contribution >= 0.6 is 15.9 Å². The molecular weight excluding hydrogens is 295 g/mol. The van der Waals surface area contributed by atoms with Crippen molar-refractivity contribution < 1.29 is 4.39 Å². The average Bonchev–Trinajstić information content (AvgIpc) is 2.35. The van der Waals surface area contributed by atoms with Crippen molar-refractivity contribution in [3.05, 3.63) is 64.1 Å². The number of aromatic nitrogens is 1. The first-order valence-electron chi connectivity index (χ1n) is 5.74. The summed E-state index contributed by atoms with van der Waals surface area (Å²) >= 11 is 3.33. The lowest BCUT2D eigenvalue weighted by Gasteiger charge is -2.11. The Labute approximate surface area is 114 Å². The van der Waals surface area contributed by atoms with Gasteiger partial charge in [-0.05, 0) is 46.1 Å². The SMILES string of the molecule is NC(Cc1ccc(Br)cn1)Cc1ccccc1F. The largest absolute Gasteiger partial charge is 0.327 e. The van der Waals surface area contributed by atoms with Gasteiger partial charge in [-0.2, -0.15) is 0 Å². The van der Waals surface area contributed by atoms with Gasteiger partial charge >= 0.3 is 0 Å². The van der Waals surface area contributed by atoms with E-state index in [1.165, 1.54) is 6.07 Å². The van der Waals surface area contributed by atoms with Gasteiger partial charge in [0.25, 0.3) is 0 Å². The summed E-state index contributed by atoms with van der Waals surface area (Å²) in [6, 6.07) is 10.5. The Hall–Kier alpha value is -1.26. The van der Waals surface area contributed by atoms with Crippen LogP contribution < -0.4 is 5.73 Å². The van der Waals surface area contributed by atoms with Crippen LogP contribution in [0.25, 0.3) is 0 Å². The van der Waals surface area contributed by atoms with Crippen molar-refractivity contribution in [3.63, 3.8) is 0 Å². The van der Waals surface area contributed by atoms with Crippen LogP contribution in [-0.4, -0.2) is 11.0 Å². The number of halogens is 2. The second-order valence-corrected chi connectivity index (χ2v) is 5.14. The molecule has 2 rings (SSSR count). The van der Waals surface area contributed by atoms with Crippen molar-refractivity contribution in [1.29, 1.82) is 0 Å². The molecule has 4 heteroatoms. The lowest BCUT2D eigenvalue weighted by molar-refractivity contribution is 0.581. The number of nitrogens with zero attached hydrogens (tertiary/aromatic N) is 1. The second kappa shape index (κ2) is 6.07. The molecule has 2 aromatic rings. The van der Waals surface area contributed by atoms with Crippen LogP contribution in [0.4, 0.5) is 4.39 Å². The van der Waals surface area contributed by atoms with Crippen LogP contribution in [0.1, 0.15) is 11.3 Å². The highest BCUT2D eigenvalue weighted by molar-refractivity contribution is 9.10. The van der Waals surface area contributed by atoms with Crippen molar-refractivity contribution in [3.8, 4) is 0 Å². The summed E-state index contributed by atoms with van der Waals surface area (Å²) in [5, 5.41) is 0. The third-order valence-electron chi connectivity index (χ3n) is 2.70. The van der Waals surface area contributed by atoms with Gasteiger partial charge in [0.15, 0.2) is 0 Å². The molecule has 18 heavy (non-hydrogen) atoms. The van der Waals surface area contributed by atoms with Crippen molar-refractivity contribution in [1.82, 2.24) is 4.98 Å². The lowest BCUT2D eigenvalue weighted by Crippen LogP contribution is -2.26. The van der Waals surface area contributed by atoms with Crippen molar-refractivity contribution >= 4 is 15.9 Å². The number of hydrogen-bond acceptors (Lipinski definition) is 2. The van der Waals surface area contributed by atoms with E-state index in [-0.39, 0.29) is 11.9 Å². The van der Waals surface area contributed by atoms with Gasteiger partial charge in [0, 0.05) is 28.8 Å². The quantitative estimate of drug-likeness (QED) is 0.942. The van der Waals surface area contributed by atoms with Gasteiger partial charge in [-0.15, -0.1) is 0 Å². The molecule has 0 radical (unpaired) electrons. The standard InChI is InChI=1S/C14H14BrFN2/c15-11-5-6-13(18-9-11)8-12(17)7-10-3-1-2-4-14(10)16/h1-6,9,12H,7-8,17H2. The zero-order valence-electron chi connectivity index (χ0n) is 9.81. The van der Waals surface area contributed by atoms with E-state index in [0.29, 0.717) is 18.4 Å². The minimum absolute atomic E-state index is 0.129. The van der Waals surface area contributed by atoms with E-state index in [1.54, 1.807) is 18.3 Å². The summed E-state index contributed by atoms with van der Waals surface area (Å²) in [7, 11) is 0. The first-order chi connectivity index (χ1) is 8.65. The molecule has 0 bridgehead atoms. The Morgan fingerprint density at radius 1 is 1.17 bits per heavy atom. The lowest BCUT2D eigenvalue weighted by atomic mass is 10.0. The van der Waals surface area contributed by atoms with E-state index in [9.17, 15) is 4.39 Å². The molecular formula is C14H14BrFN2. The minimum atomic E-state index is -0.197. The second-order valence-electron chi connectivity index (χ2n) is 4.23. The molecule has 0 amide bonds. The number of pyridine rings is 1. The summed E-state index contributed by atoms with van der Waals surface area (Å²) < 4.78 is 14.4. The predicted octanol–water partition coefficient (Wildman–Crippen LogP) is 3.10. The molecule has 0 aliphatic carbocycles. The van der Waals surface area contributed by atoms with Gasteiger partial charge in [-0.25, -0.2) is 4.39 Å². The highest BCUT2D eigenvalue weighted by Gasteiger charge is 2.09. The smallest absolute Gasteiger partial charge is 0.126 e. The first kappa shape index (κ1) is 13.2. The van der Waals surface area contributed by atoms with Crippen molar-refractivity contribution in [2.75, 3.05) is 0 Å². The predicted molar refractivity (Wildman–Crippen MR) is 73.7 cm³/mol. The molecule has 1 atom stereocenters. The maximum atomic E-state index is 13.5. The molecule has 1 aromatic heterocycles. The summed E-state index contributed by atoms with van der Waals surface area (Å²) in [5.74, 6) is -0.197. The topological polar surface area (TPSA) is 38.9 Å². The first-order valence-corrected chi connectivity index (χ1v) is 6.54. The number of nitrogens with two attached hydrogens (primary N) is 1. The molecule has 2 nitrogen and oxygen atoms in total. The Morgan fingerprint density at radius 2 is 1.94 bits per heavy atom. The molecule has 0 saturated carbocycles. The monoisotopic (exact) mass is 308 g/mol. The molecule has 1 aromatic carbocycles. The highest BCUT2D eigenvalue weighted by Crippen LogP contribution is 2.12. The molecule has 2 N–H and O–H groups in total. The Balaban J connectivity index is 1.99. The van der Waals surface area contributed by atoms with Crippen LogP contribution in [-0.2, 0) is 12.8 Å². The van der Waals surface area contributed by atoms with Crippen LogP contribution in [0.15, 0.2) is 47.1 Å². The fourth-order valence-corrected chi connectivity index (χ4v) is 2.05. The molecule has 94 valence electrons. The minimum Gasteiger partial charge on any atom is -0.327 e. The number of rotatable bonds is 4. The van der Waals surface area contributed by atoms with E-state index in [0.717, 1.165) is 10.2 Å². The third-order valence-corrected chi connectivity index (χ3v) is 3.17. The van der Waals surface area contributed by atoms with Gasteiger partial charge < -0.3 is 5.73 Å². The van der Waals surface area contributed by atoms with E-state index >= 15 is 0 Å². The number of benzene rings is 1. The van der Waals surface area contributed by atoms with Crippen LogP contribution in [0.2, 0.25) is 0 Å². The maximum Gasteiger partial charge on any atom is 0.126 e. The molecule has 0 spiro atoms. The molecule has 0 saturated heterocycles. The molecule has 0 aliphatic heterocycles. The normalized spacial score (nSPS) is 12.4. The average molecular weight is 309 g/mol. The molecule has 1 heterocycles. The molecule has 0 aliphatic rings. The molecule has 0 fully saturated rings. The Bertz CT molecular complexity index is 513. The van der Waals surface area contributed by atoms with E-state index in [2.05, 4.69) is 20.9 Å². The van der Waals surface area contributed by atoms with E-state index < -0.39 is 0 Å². The molecule has 1 unspecified atom stereocenters. The van der Waals surface area contributed by atoms with Crippen LogP contribution in [0, 0.1) is 5.82 Å². The van der Waals surface area contributed by atoms with Crippen molar-refractivity contribution in [2.45, 2.75) is 18.9 Å². The maximum absolute atomic E-state index is 13.5. The fourth-order valence-electron chi connectivity index (χ4n) is 1.81. The summed E-state index contributed by atoms with van der Waals surface area (Å²) in [4.78, 5) is 4.26. The van der Waals surface area contributed by atoms with Crippen molar-refractivity contribution in [2.24, 2.45) is 5.73 Å². The highest BCUT2D eigenvalue weighted by atomic mass is 79.9. The van der Waals surface area contributed by atoms with Gasteiger partial charge in [-0.1, -0.05) is 18.2 Å². The Kier molecular flexibility index (Phi) is 4.44. The summed E-state index contributed by atoms with van der Waals surface area (Å²) in [6.07, 6.45) is 2.90. The van der Waals surface area contributed by atoms with Gasteiger partial charge in [0.1, 0.15) is 5.82 Å². The van der Waals surface area contributed by atoms with E-state index in [4.69, 9.17) is 5.73 Å². The van der Waals surface area contributed by atoms with Gasteiger partial charge in [-0.3, -0.25) is 4.98 Å². The Morgan fingerprint density at radius 3 is 2.61 bits per heavy atom. The van der Waals surface area contributed by atoms with Crippen LogP contribution in [0.3, 0.4) is 0 Å². The number of hydrogen-bond donors (Lipinski definition) is 1. The van der Waals surface area contributed by atoms with Crippen LogP contribution in [0.5, 0.6) is 0 Å². The summed E-state index contributed by atoms with van der Waals surface area (Å²) in [6.45, 7) is 0. The summed E-state index contributed by atoms with van der Waals surface area (Å²) in [5.41, 5.74) is 7.60. The third kappa shape index (κ3) is 3.62. The van der Waals surface area contributed by atoms with E-state index in [1.807, 2.05) is 18.2 Å². The van der Waals surface area contributed by atoms with Gasteiger partial charge in [0.05, 0.1) is 0 Å². The van der Waals surface area contributed by atoms with Gasteiger partial charge in [0.2, 0.25) is 0 Å².